The Hall–Kier alpha value is -0.210. The monoisotopic (exact) mass is 331 g/mol. The van der Waals surface area contributed by atoms with Crippen LogP contribution in [0.15, 0.2) is 18.7 Å². The second kappa shape index (κ2) is 6.27. The van der Waals surface area contributed by atoms with Crippen molar-refractivity contribution < 1.29 is 39.0 Å². The van der Waals surface area contributed by atoms with Crippen LogP contribution in [0.25, 0.3) is 0 Å². The SMILES string of the molecule is CCCCn1cc[n+](CC(O)([P+](O)(O)O)[P+](O)(O)O)c1. The van der Waals surface area contributed by atoms with Gasteiger partial charge in [0, 0.05) is 0 Å². The van der Waals surface area contributed by atoms with Crippen LogP contribution in [0.5, 0.6) is 0 Å². The Bertz CT molecular complexity index is 426. The van der Waals surface area contributed by atoms with Gasteiger partial charge in [0.25, 0.3) is 0 Å². The van der Waals surface area contributed by atoms with E-state index in [9.17, 15) is 34.5 Å². The lowest BCUT2D eigenvalue weighted by atomic mass is 10.3. The second-order valence-corrected chi connectivity index (χ2v) is 8.69. The van der Waals surface area contributed by atoms with Crippen LogP contribution < -0.4 is 4.57 Å². The highest BCUT2D eigenvalue weighted by atomic mass is 31.3. The zero-order valence-corrected chi connectivity index (χ0v) is 12.8. The van der Waals surface area contributed by atoms with E-state index in [1.54, 1.807) is 10.8 Å². The van der Waals surface area contributed by atoms with E-state index < -0.39 is 27.5 Å². The Morgan fingerprint density at radius 3 is 2.10 bits per heavy atom. The van der Waals surface area contributed by atoms with Crippen LogP contribution in [0.3, 0.4) is 0 Å². The summed E-state index contributed by atoms with van der Waals surface area (Å²) in [6.07, 6.45) is 6.43. The Balaban J connectivity index is 2.95. The van der Waals surface area contributed by atoms with Gasteiger partial charge in [-0.25, -0.2) is 9.13 Å². The predicted octanol–water partition coefficient (Wildman–Crippen LogP) is -1.30. The van der Waals surface area contributed by atoms with Crippen LogP contribution in [0.1, 0.15) is 19.8 Å². The molecule has 0 saturated heterocycles. The first kappa shape index (κ1) is 17.8. The summed E-state index contributed by atoms with van der Waals surface area (Å²) in [5.74, 6) is 0. The number of aromatic nitrogens is 2. The van der Waals surface area contributed by atoms with Crippen LogP contribution in [0.2, 0.25) is 0 Å². The molecule has 20 heavy (non-hydrogen) atoms. The molecule has 0 atom stereocenters. The number of aryl methyl sites for hydroxylation is 1. The lowest BCUT2D eigenvalue weighted by Gasteiger charge is -2.23. The highest BCUT2D eigenvalue weighted by molar-refractivity contribution is 7.78. The highest BCUT2D eigenvalue weighted by Gasteiger charge is 2.80. The first-order chi connectivity index (χ1) is 9.01. The lowest BCUT2D eigenvalue weighted by molar-refractivity contribution is -0.703. The van der Waals surface area contributed by atoms with E-state index in [1.807, 2.05) is 6.92 Å². The van der Waals surface area contributed by atoms with Gasteiger partial charge < -0.3 is 5.11 Å². The maximum atomic E-state index is 9.89. The zero-order valence-electron chi connectivity index (χ0n) is 11.0. The highest BCUT2D eigenvalue weighted by Crippen LogP contribution is 2.75. The maximum absolute atomic E-state index is 9.89. The minimum Gasteiger partial charge on any atom is -0.311 e. The van der Waals surface area contributed by atoms with Gasteiger partial charge in [-0.1, -0.05) is 13.3 Å². The summed E-state index contributed by atoms with van der Waals surface area (Å²) in [6, 6.07) is 0. The van der Waals surface area contributed by atoms with Gasteiger partial charge in [-0.3, -0.25) is 0 Å². The molecule has 0 amide bonds. The van der Waals surface area contributed by atoms with Crippen LogP contribution in [0.4, 0.5) is 0 Å². The van der Waals surface area contributed by atoms with Crippen LogP contribution >= 0.6 is 15.9 Å². The smallest absolute Gasteiger partial charge is 0.311 e. The van der Waals surface area contributed by atoms with E-state index >= 15 is 0 Å². The van der Waals surface area contributed by atoms with Crippen molar-refractivity contribution in [3.05, 3.63) is 18.7 Å². The normalized spacial score (nSPS) is 13.8. The molecule has 0 radical (unpaired) electrons. The summed E-state index contributed by atoms with van der Waals surface area (Å²) in [4.78, 5) is 55.1. The molecule has 1 heterocycles. The number of nitrogens with zero attached hydrogens (tertiary/aromatic N) is 2. The summed E-state index contributed by atoms with van der Waals surface area (Å²) in [6.45, 7) is 1.93. The molecular weight excluding hydrogens is 310 g/mol. The molecule has 0 bridgehead atoms. The molecule has 0 fully saturated rings. The summed E-state index contributed by atoms with van der Waals surface area (Å²) in [5.41, 5.74) is 0. The molecule has 1 aromatic rings. The van der Waals surface area contributed by atoms with Crippen molar-refractivity contribution in [2.24, 2.45) is 0 Å². The van der Waals surface area contributed by atoms with Crippen LogP contribution in [-0.2, 0) is 13.1 Å². The fraction of sp³-hybridized carbons (Fsp3) is 0.667. The standard InChI is InChI=1S/C9H21N2O7P2/c1-2-3-4-10-5-6-11(8-10)7-9(12,19(13,14)15)20(16,17)18/h5-6,8,12-18H,2-4,7H2,1H3/q+3. The van der Waals surface area contributed by atoms with Gasteiger partial charge in [0.05, 0.1) is 6.54 Å². The summed E-state index contributed by atoms with van der Waals surface area (Å²) in [5, 5.41) is 6.69. The van der Waals surface area contributed by atoms with Gasteiger partial charge in [-0.2, -0.15) is 29.4 Å². The van der Waals surface area contributed by atoms with Crippen LogP contribution in [-0.4, -0.2) is 44.1 Å². The zero-order chi connectivity index (χ0) is 15.6. The third-order valence-electron chi connectivity index (χ3n) is 2.87. The van der Waals surface area contributed by atoms with E-state index in [1.165, 1.54) is 17.1 Å². The molecule has 0 spiro atoms. The van der Waals surface area contributed by atoms with Crippen molar-refractivity contribution in [1.82, 2.24) is 4.57 Å². The third-order valence-corrected chi connectivity index (χ3v) is 6.69. The molecule has 0 aliphatic rings. The van der Waals surface area contributed by atoms with Gasteiger partial charge in [0.15, 0.2) is 0 Å². The molecule has 11 heteroatoms. The van der Waals surface area contributed by atoms with Crippen molar-refractivity contribution in [3.8, 4) is 0 Å². The van der Waals surface area contributed by atoms with Crippen molar-refractivity contribution in [1.29, 1.82) is 0 Å². The molecule has 116 valence electrons. The molecule has 0 aliphatic heterocycles. The van der Waals surface area contributed by atoms with E-state index in [4.69, 9.17) is 0 Å². The number of unbranched alkanes of at least 4 members (excludes halogenated alkanes) is 1. The van der Waals surface area contributed by atoms with Crippen molar-refractivity contribution in [2.75, 3.05) is 0 Å². The largest absolute Gasteiger partial charge is 0.493 e. The molecular formula is C9H21N2O7P2+3. The molecule has 7 N–H and O–H groups in total. The summed E-state index contributed by atoms with van der Waals surface area (Å²) < 4.78 is 2.95. The topological polar surface area (TPSA) is 150 Å². The van der Waals surface area contributed by atoms with Crippen molar-refractivity contribution in [3.63, 3.8) is 0 Å². The number of hydrogen-bond donors (Lipinski definition) is 7. The maximum Gasteiger partial charge on any atom is 0.493 e. The van der Waals surface area contributed by atoms with Gasteiger partial charge in [-0.15, -0.1) is 0 Å². The lowest BCUT2D eigenvalue weighted by Crippen LogP contribution is -2.49. The third kappa shape index (κ3) is 3.92. The minimum atomic E-state index is -5.11. The van der Waals surface area contributed by atoms with Gasteiger partial charge in [0.1, 0.15) is 12.4 Å². The Labute approximate surface area is 117 Å². The molecule has 9 nitrogen and oxygen atoms in total. The molecule has 0 aromatic carbocycles. The predicted molar refractivity (Wildman–Crippen MR) is 71.6 cm³/mol. The Kier molecular flexibility index (Phi) is 5.60. The fourth-order valence-corrected chi connectivity index (χ4v) is 3.77. The van der Waals surface area contributed by atoms with Gasteiger partial charge in [-0.05, 0) is 6.42 Å². The van der Waals surface area contributed by atoms with E-state index in [-0.39, 0.29) is 0 Å². The number of imidazole rings is 1. The van der Waals surface area contributed by atoms with Crippen LogP contribution in [0, 0.1) is 0 Å². The number of aliphatic hydroxyl groups is 1. The van der Waals surface area contributed by atoms with E-state index in [0.717, 1.165) is 12.8 Å². The molecule has 0 unspecified atom stereocenters. The van der Waals surface area contributed by atoms with Gasteiger partial charge >= 0.3 is 21.0 Å². The summed E-state index contributed by atoms with van der Waals surface area (Å²) in [7, 11) is -10.2. The van der Waals surface area contributed by atoms with Crippen molar-refractivity contribution in [2.45, 2.75) is 37.9 Å². The second-order valence-electron chi connectivity index (χ2n) is 4.59. The Morgan fingerprint density at radius 1 is 1.10 bits per heavy atom. The minimum absolute atomic E-state index is 0.692. The fourth-order valence-electron chi connectivity index (χ4n) is 1.62. The number of hydrogen-bond acceptors (Lipinski definition) is 7. The Morgan fingerprint density at radius 2 is 1.65 bits per heavy atom. The summed E-state index contributed by atoms with van der Waals surface area (Å²) >= 11 is 0. The molecule has 1 aromatic heterocycles. The van der Waals surface area contributed by atoms with E-state index in [2.05, 4.69) is 0 Å². The first-order valence-corrected chi connectivity index (χ1v) is 9.22. The molecule has 0 aliphatic carbocycles. The molecule has 0 saturated carbocycles. The van der Waals surface area contributed by atoms with E-state index in [0.29, 0.717) is 6.54 Å². The molecule has 1 rings (SSSR count). The average Bonchev–Trinajstić information content (AvgIpc) is 2.71. The van der Waals surface area contributed by atoms with Gasteiger partial charge in [0.2, 0.25) is 12.9 Å². The van der Waals surface area contributed by atoms with Crippen molar-refractivity contribution >= 4 is 15.9 Å². The average molecular weight is 331 g/mol. The quantitative estimate of drug-likeness (QED) is 0.242. The first-order valence-electron chi connectivity index (χ1n) is 5.93. The number of rotatable bonds is 7.